The molecule has 0 N–H and O–H groups in total. The van der Waals surface area contributed by atoms with Crippen molar-refractivity contribution in [3.63, 3.8) is 0 Å². The molecule has 0 bridgehead atoms. The molecule has 4 nitrogen and oxygen atoms in total. The molecule has 0 amide bonds. The SMILES string of the molecule is Cc1sc2ncn(CC(=O)C3CC3)c(=O)c2c1C. The van der Waals surface area contributed by atoms with Gasteiger partial charge in [0, 0.05) is 10.8 Å². The van der Waals surface area contributed by atoms with Crippen molar-refractivity contribution in [3.8, 4) is 0 Å². The van der Waals surface area contributed by atoms with Gasteiger partial charge < -0.3 is 0 Å². The highest BCUT2D eigenvalue weighted by Crippen LogP contribution is 2.30. The Bertz CT molecular complexity index is 695. The molecule has 18 heavy (non-hydrogen) atoms. The van der Waals surface area contributed by atoms with Crippen LogP contribution in [0.4, 0.5) is 0 Å². The van der Waals surface area contributed by atoms with Crippen molar-refractivity contribution in [3.05, 3.63) is 27.1 Å². The Morgan fingerprint density at radius 3 is 2.89 bits per heavy atom. The standard InChI is InChI=1S/C13H14N2O2S/c1-7-8(2)18-12-11(7)13(17)15(6-14-12)5-10(16)9-3-4-9/h6,9H,3-5H2,1-2H3. The molecule has 2 aromatic rings. The van der Waals surface area contributed by atoms with Crippen LogP contribution in [0.15, 0.2) is 11.1 Å². The summed E-state index contributed by atoms with van der Waals surface area (Å²) in [5.41, 5.74) is 0.900. The van der Waals surface area contributed by atoms with Crippen LogP contribution >= 0.6 is 11.3 Å². The van der Waals surface area contributed by atoms with Gasteiger partial charge in [-0.15, -0.1) is 11.3 Å². The van der Waals surface area contributed by atoms with Crippen molar-refractivity contribution in [2.45, 2.75) is 33.2 Å². The average molecular weight is 262 g/mol. The van der Waals surface area contributed by atoms with E-state index in [1.807, 2.05) is 13.8 Å². The fourth-order valence-electron chi connectivity index (χ4n) is 2.08. The van der Waals surface area contributed by atoms with Gasteiger partial charge in [0.15, 0.2) is 5.78 Å². The van der Waals surface area contributed by atoms with E-state index >= 15 is 0 Å². The van der Waals surface area contributed by atoms with Crippen molar-refractivity contribution in [2.24, 2.45) is 5.92 Å². The molecule has 1 aliphatic rings. The summed E-state index contributed by atoms with van der Waals surface area (Å²) in [6.07, 6.45) is 3.44. The van der Waals surface area contributed by atoms with E-state index in [9.17, 15) is 9.59 Å². The highest BCUT2D eigenvalue weighted by atomic mass is 32.1. The first-order valence-corrected chi connectivity index (χ1v) is 6.87. The molecular formula is C13H14N2O2S. The zero-order valence-electron chi connectivity index (χ0n) is 10.4. The van der Waals surface area contributed by atoms with Crippen molar-refractivity contribution in [1.29, 1.82) is 0 Å². The highest BCUT2D eigenvalue weighted by Gasteiger charge is 2.29. The summed E-state index contributed by atoms with van der Waals surface area (Å²) in [5, 5.41) is 0.670. The molecule has 5 heteroatoms. The predicted octanol–water partition coefficient (Wildman–Crippen LogP) is 2.05. The summed E-state index contributed by atoms with van der Waals surface area (Å²) in [4.78, 5) is 30.3. The molecule has 2 aromatic heterocycles. The van der Waals surface area contributed by atoms with Crippen LogP contribution in [0.1, 0.15) is 23.3 Å². The van der Waals surface area contributed by atoms with Crippen LogP contribution < -0.4 is 5.56 Å². The van der Waals surface area contributed by atoms with Crippen molar-refractivity contribution in [2.75, 3.05) is 0 Å². The predicted molar refractivity (Wildman–Crippen MR) is 71.1 cm³/mol. The van der Waals surface area contributed by atoms with Gasteiger partial charge in [-0.3, -0.25) is 14.2 Å². The third-order valence-corrected chi connectivity index (χ3v) is 4.63. The molecule has 0 aliphatic heterocycles. The van der Waals surface area contributed by atoms with Gasteiger partial charge in [-0.2, -0.15) is 0 Å². The first-order chi connectivity index (χ1) is 8.58. The summed E-state index contributed by atoms with van der Waals surface area (Å²) in [7, 11) is 0. The molecule has 1 saturated carbocycles. The van der Waals surface area contributed by atoms with E-state index in [1.54, 1.807) is 0 Å². The number of rotatable bonds is 3. The number of Topliss-reactive ketones (excluding diaryl/α,β-unsaturated/α-hetero) is 1. The molecule has 0 saturated heterocycles. The van der Waals surface area contributed by atoms with Crippen molar-refractivity contribution < 1.29 is 4.79 Å². The molecule has 0 atom stereocenters. The number of thiophene rings is 1. The lowest BCUT2D eigenvalue weighted by molar-refractivity contribution is -0.120. The molecule has 0 spiro atoms. The monoisotopic (exact) mass is 262 g/mol. The number of nitrogens with zero attached hydrogens (tertiary/aromatic N) is 2. The lowest BCUT2D eigenvalue weighted by Gasteiger charge is -2.03. The number of hydrogen-bond donors (Lipinski definition) is 0. The second kappa shape index (κ2) is 4.02. The fourth-order valence-corrected chi connectivity index (χ4v) is 3.07. The maximum atomic E-state index is 12.3. The van der Waals surface area contributed by atoms with Gasteiger partial charge in [0.1, 0.15) is 4.83 Å². The number of carbonyl (C=O) groups is 1. The van der Waals surface area contributed by atoms with Crippen LogP contribution in [0.2, 0.25) is 0 Å². The van der Waals surface area contributed by atoms with Crippen LogP contribution in [0.3, 0.4) is 0 Å². The third kappa shape index (κ3) is 1.79. The van der Waals surface area contributed by atoms with Gasteiger partial charge in [-0.25, -0.2) is 4.98 Å². The summed E-state index contributed by atoms with van der Waals surface area (Å²) in [6.45, 7) is 4.09. The minimum Gasteiger partial charge on any atom is -0.297 e. The quantitative estimate of drug-likeness (QED) is 0.850. The molecule has 0 aromatic carbocycles. The lowest BCUT2D eigenvalue weighted by Crippen LogP contribution is -2.25. The molecule has 94 valence electrons. The van der Waals surface area contributed by atoms with Gasteiger partial charge in [0.05, 0.1) is 18.3 Å². The van der Waals surface area contributed by atoms with E-state index in [-0.39, 0.29) is 23.8 Å². The van der Waals surface area contributed by atoms with Crippen LogP contribution in [0, 0.1) is 19.8 Å². The largest absolute Gasteiger partial charge is 0.297 e. The molecular weight excluding hydrogens is 248 g/mol. The molecule has 3 rings (SSSR count). The Morgan fingerprint density at radius 1 is 1.50 bits per heavy atom. The smallest absolute Gasteiger partial charge is 0.262 e. The summed E-state index contributed by atoms with van der Waals surface area (Å²) in [5.74, 6) is 0.334. The van der Waals surface area contributed by atoms with Gasteiger partial charge in [0.2, 0.25) is 0 Å². The molecule has 0 unspecified atom stereocenters. The van der Waals surface area contributed by atoms with Crippen LogP contribution in [-0.4, -0.2) is 15.3 Å². The Morgan fingerprint density at radius 2 is 2.22 bits per heavy atom. The first kappa shape index (κ1) is 11.6. The first-order valence-electron chi connectivity index (χ1n) is 6.06. The Hall–Kier alpha value is -1.49. The topological polar surface area (TPSA) is 52.0 Å². The second-order valence-corrected chi connectivity index (χ2v) is 6.08. The lowest BCUT2D eigenvalue weighted by atomic mass is 10.2. The highest BCUT2D eigenvalue weighted by molar-refractivity contribution is 7.18. The van der Waals surface area contributed by atoms with E-state index in [2.05, 4.69) is 4.98 Å². The van der Waals surface area contributed by atoms with Gasteiger partial charge >= 0.3 is 0 Å². The third-order valence-electron chi connectivity index (χ3n) is 3.51. The van der Waals surface area contributed by atoms with E-state index in [1.165, 1.54) is 22.2 Å². The Kier molecular flexibility index (Phi) is 2.59. The van der Waals surface area contributed by atoms with Crippen LogP contribution in [0.5, 0.6) is 0 Å². The summed E-state index contributed by atoms with van der Waals surface area (Å²) >= 11 is 1.53. The zero-order chi connectivity index (χ0) is 12.9. The van der Waals surface area contributed by atoms with Gasteiger partial charge in [0.25, 0.3) is 5.56 Å². The number of fused-ring (bicyclic) bond motifs is 1. The average Bonchev–Trinajstić information content (AvgIpc) is 3.12. The van der Waals surface area contributed by atoms with E-state index < -0.39 is 0 Å². The summed E-state index contributed by atoms with van der Waals surface area (Å²) in [6, 6.07) is 0. The molecule has 1 aliphatic carbocycles. The number of ketones is 1. The van der Waals surface area contributed by atoms with Crippen LogP contribution in [-0.2, 0) is 11.3 Å². The number of hydrogen-bond acceptors (Lipinski definition) is 4. The number of carbonyl (C=O) groups excluding carboxylic acids is 1. The molecule has 2 heterocycles. The van der Waals surface area contributed by atoms with Gasteiger partial charge in [-0.1, -0.05) is 0 Å². The fraction of sp³-hybridized carbons (Fsp3) is 0.462. The Labute approximate surface area is 108 Å². The van der Waals surface area contributed by atoms with Crippen molar-refractivity contribution >= 4 is 27.3 Å². The summed E-state index contributed by atoms with van der Waals surface area (Å²) < 4.78 is 1.45. The minimum absolute atomic E-state index is 0.0872. The maximum Gasteiger partial charge on any atom is 0.262 e. The molecule has 1 fully saturated rings. The normalized spacial score (nSPS) is 15.2. The number of aryl methyl sites for hydroxylation is 2. The Balaban J connectivity index is 2.07. The van der Waals surface area contributed by atoms with E-state index in [4.69, 9.17) is 0 Å². The van der Waals surface area contributed by atoms with E-state index in [0.717, 1.165) is 28.1 Å². The minimum atomic E-state index is -0.0872. The van der Waals surface area contributed by atoms with Crippen molar-refractivity contribution in [1.82, 2.24) is 9.55 Å². The second-order valence-electron chi connectivity index (χ2n) is 4.88. The van der Waals surface area contributed by atoms with Gasteiger partial charge in [-0.05, 0) is 32.3 Å². The maximum absolute atomic E-state index is 12.3. The van der Waals surface area contributed by atoms with E-state index in [0.29, 0.717) is 5.39 Å². The zero-order valence-corrected chi connectivity index (χ0v) is 11.2. The van der Waals surface area contributed by atoms with Crippen LogP contribution in [0.25, 0.3) is 10.2 Å². The number of aromatic nitrogens is 2. The molecule has 0 radical (unpaired) electrons.